The van der Waals surface area contributed by atoms with Gasteiger partial charge in [-0.15, -0.1) is 0 Å². The number of fused-ring (bicyclic) bond motifs is 1. The molecule has 2 aromatic heterocycles. The molecule has 0 saturated carbocycles. The third kappa shape index (κ3) is 2.05. The summed E-state index contributed by atoms with van der Waals surface area (Å²) >= 11 is 0. The summed E-state index contributed by atoms with van der Waals surface area (Å²) in [6.07, 6.45) is 3.78. The molecule has 0 aliphatic heterocycles. The highest BCUT2D eigenvalue weighted by Gasteiger charge is 2.00. The van der Waals surface area contributed by atoms with Gasteiger partial charge < -0.3 is 5.32 Å². The van der Waals surface area contributed by atoms with Gasteiger partial charge in [0.25, 0.3) is 0 Å². The van der Waals surface area contributed by atoms with E-state index in [1.54, 1.807) is 6.20 Å². The highest BCUT2D eigenvalue weighted by molar-refractivity contribution is 5.80. The number of hydrogen-bond acceptors (Lipinski definition) is 3. The lowest BCUT2D eigenvalue weighted by atomic mass is 10.2. The Balaban J connectivity index is 1.90. The molecule has 4 nitrogen and oxygen atoms in total. The van der Waals surface area contributed by atoms with E-state index >= 15 is 0 Å². The standard InChI is InChI=1S/C14H14N4/c1-2-18-10-12(9-15-18)16-14-8-7-11-5-3-4-6-13(11)17-14/h3-10H,2H2,1H3,(H,16,17). The molecule has 0 aliphatic carbocycles. The van der Waals surface area contributed by atoms with Gasteiger partial charge in [-0.05, 0) is 25.1 Å². The fraction of sp³-hybridized carbons (Fsp3) is 0.143. The van der Waals surface area contributed by atoms with Crippen LogP contribution >= 0.6 is 0 Å². The van der Waals surface area contributed by atoms with Crippen LogP contribution in [0.25, 0.3) is 10.9 Å². The van der Waals surface area contributed by atoms with Gasteiger partial charge in [-0.25, -0.2) is 4.98 Å². The molecular weight excluding hydrogens is 224 g/mol. The first-order chi connectivity index (χ1) is 8.85. The average Bonchev–Trinajstić information content (AvgIpc) is 2.86. The molecule has 4 heteroatoms. The Morgan fingerprint density at radius 3 is 2.89 bits per heavy atom. The topological polar surface area (TPSA) is 42.7 Å². The molecule has 1 aromatic carbocycles. The lowest BCUT2D eigenvalue weighted by Gasteiger charge is -2.03. The summed E-state index contributed by atoms with van der Waals surface area (Å²) in [5.41, 5.74) is 1.95. The van der Waals surface area contributed by atoms with Gasteiger partial charge in [0.1, 0.15) is 5.82 Å². The second-order valence-electron chi connectivity index (χ2n) is 4.10. The van der Waals surface area contributed by atoms with Crippen LogP contribution in [0.4, 0.5) is 11.5 Å². The summed E-state index contributed by atoms with van der Waals surface area (Å²) in [5.74, 6) is 0.837. The molecule has 0 amide bonds. The number of rotatable bonds is 3. The lowest BCUT2D eigenvalue weighted by Crippen LogP contribution is -1.94. The predicted molar refractivity (Wildman–Crippen MR) is 72.9 cm³/mol. The van der Waals surface area contributed by atoms with E-state index in [1.807, 2.05) is 35.1 Å². The van der Waals surface area contributed by atoms with Crippen molar-refractivity contribution in [2.75, 3.05) is 5.32 Å². The van der Waals surface area contributed by atoms with Crippen LogP contribution in [0, 0.1) is 0 Å². The summed E-state index contributed by atoms with van der Waals surface area (Å²) in [6.45, 7) is 2.93. The third-order valence-electron chi connectivity index (χ3n) is 2.83. The predicted octanol–water partition coefficient (Wildman–Crippen LogP) is 3.19. The molecule has 18 heavy (non-hydrogen) atoms. The maximum atomic E-state index is 4.56. The monoisotopic (exact) mass is 238 g/mol. The maximum Gasteiger partial charge on any atom is 0.131 e. The molecule has 0 bridgehead atoms. The highest BCUT2D eigenvalue weighted by Crippen LogP contribution is 2.18. The smallest absolute Gasteiger partial charge is 0.131 e. The number of aryl methyl sites for hydroxylation is 1. The maximum absolute atomic E-state index is 4.56. The highest BCUT2D eigenvalue weighted by atomic mass is 15.3. The minimum atomic E-state index is 0.837. The second-order valence-corrected chi connectivity index (χ2v) is 4.10. The van der Waals surface area contributed by atoms with Crippen LogP contribution in [0.1, 0.15) is 6.92 Å². The molecule has 0 aliphatic rings. The molecule has 0 atom stereocenters. The van der Waals surface area contributed by atoms with Crippen LogP contribution < -0.4 is 5.32 Å². The first kappa shape index (κ1) is 10.8. The van der Waals surface area contributed by atoms with Gasteiger partial charge in [0.15, 0.2) is 0 Å². The number of para-hydroxylation sites is 1. The number of benzene rings is 1. The summed E-state index contributed by atoms with van der Waals surface area (Å²) in [4.78, 5) is 4.56. The molecule has 0 spiro atoms. The first-order valence-electron chi connectivity index (χ1n) is 6.00. The zero-order valence-electron chi connectivity index (χ0n) is 10.2. The van der Waals surface area contributed by atoms with E-state index < -0.39 is 0 Å². The summed E-state index contributed by atoms with van der Waals surface area (Å²) < 4.78 is 1.88. The van der Waals surface area contributed by atoms with Crippen molar-refractivity contribution in [3.8, 4) is 0 Å². The Bertz CT molecular complexity index is 672. The van der Waals surface area contributed by atoms with Gasteiger partial charge in [0.05, 0.1) is 17.4 Å². The SMILES string of the molecule is CCn1cc(Nc2ccc3ccccc3n2)cn1. The van der Waals surface area contributed by atoms with Crippen molar-refractivity contribution < 1.29 is 0 Å². The van der Waals surface area contributed by atoms with Crippen molar-refractivity contribution in [3.05, 3.63) is 48.8 Å². The molecular formula is C14H14N4. The fourth-order valence-electron chi connectivity index (χ4n) is 1.88. The Hall–Kier alpha value is -2.36. The number of nitrogens with one attached hydrogen (secondary N) is 1. The molecule has 90 valence electrons. The van der Waals surface area contributed by atoms with Crippen molar-refractivity contribution >= 4 is 22.4 Å². The van der Waals surface area contributed by atoms with E-state index in [9.17, 15) is 0 Å². The van der Waals surface area contributed by atoms with Gasteiger partial charge in [-0.1, -0.05) is 18.2 Å². The van der Waals surface area contributed by atoms with E-state index in [-0.39, 0.29) is 0 Å². The minimum absolute atomic E-state index is 0.837. The van der Waals surface area contributed by atoms with Gasteiger partial charge in [0, 0.05) is 18.1 Å². The van der Waals surface area contributed by atoms with E-state index in [0.717, 1.165) is 29.0 Å². The molecule has 0 unspecified atom stereocenters. The average molecular weight is 238 g/mol. The van der Waals surface area contributed by atoms with Gasteiger partial charge in [-0.3, -0.25) is 4.68 Å². The van der Waals surface area contributed by atoms with Crippen LogP contribution in [-0.4, -0.2) is 14.8 Å². The Labute approximate surface area is 105 Å². The van der Waals surface area contributed by atoms with Gasteiger partial charge in [0.2, 0.25) is 0 Å². The van der Waals surface area contributed by atoms with Crippen molar-refractivity contribution in [2.45, 2.75) is 13.5 Å². The fourth-order valence-corrected chi connectivity index (χ4v) is 1.88. The normalized spacial score (nSPS) is 10.7. The third-order valence-corrected chi connectivity index (χ3v) is 2.83. The van der Waals surface area contributed by atoms with E-state index in [1.165, 1.54) is 0 Å². The summed E-state index contributed by atoms with van der Waals surface area (Å²) in [6, 6.07) is 12.1. The number of hydrogen-bond donors (Lipinski definition) is 1. The second kappa shape index (κ2) is 4.49. The van der Waals surface area contributed by atoms with Gasteiger partial charge >= 0.3 is 0 Å². The molecule has 3 rings (SSSR count). The Morgan fingerprint density at radius 2 is 2.06 bits per heavy atom. The largest absolute Gasteiger partial charge is 0.338 e. The zero-order chi connectivity index (χ0) is 12.4. The molecule has 1 N–H and O–H groups in total. The molecule has 0 radical (unpaired) electrons. The van der Waals surface area contributed by atoms with Crippen LogP contribution in [0.15, 0.2) is 48.8 Å². The van der Waals surface area contributed by atoms with E-state index in [0.29, 0.717) is 0 Å². The van der Waals surface area contributed by atoms with Crippen molar-refractivity contribution in [2.24, 2.45) is 0 Å². The quantitative estimate of drug-likeness (QED) is 0.762. The number of aromatic nitrogens is 3. The zero-order valence-corrected chi connectivity index (χ0v) is 10.2. The number of nitrogens with zero attached hydrogens (tertiary/aromatic N) is 3. The van der Waals surface area contributed by atoms with Crippen LogP contribution in [0.5, 0.6) is 0 Å². The minimum Gasteiger partial charge on any atom is -0.338 e. The molecule has 2 heterocycles. The Kier molecular flexibility index (Phi) is 2.68. The van der Waals surface area contributed by atoms with Crippen molar-refractivity contribution in [3.63, 3.8) is 0 Å². The molecule has 3 aromatic rings. The van der Waals surface area contributed by atoms with Crippen molar-refractivity contribution in [1.82, 2.24) is 14.8 Å². The van der Waals surface area contributed by atoms with E-state index in [4.69, 9.17) is 0 Å². The van der Waals surface area contributed by atoms with Crippen LogP contribution in [0.2, 0.25) is 0 Å². The first-order valence-corrected chi connectivity index (χ1v) is 6.00. The number of pyridine rings is 1. The molecule has 0 fully saturated rings. The molecule has 0 saturated heterocycles. The lowest BCUT2D eigenvalue weighted by molar-refractivity contribution is 0.660. The van der Waals surface area contributed by atoms with Crippen LogP contribution in [0.3, 0.4) is 0 Å². The summed E-state index contributed by atoms with van der Waals surface area (Å²) in [7, 11) is 0. The van der Waals surface area contributed by atoms with Gasteiger partial charge in [-0.2, -0.15) is 5.10 Å². The summed E-state index contributed by atoms with van der Waals surface area (Å²) in [5, 5.41) is 8.62. The van der Waals surface area contributed by atoms with Crippen LogP contribution in [-0.2, 0) is 6.54 Å². The van der Waals surface area contributed by atoms with E-state index in [2.05, 4.69) is 34.5 Å². The van der Waals surface area contributed by atoms with Crippen molar-refractivity contribution in [1.29, 1.82) is 0 Å². The number of anilines is 2. The Morgan fingerprint density at radius 1 is 1.17 bits per heavy atom.